The largest absolute Gasteiger partial charge is 0.444 e. The minimum atomic E-state index is -0.992. The van der Waals surface area contributed by atoms with Gasteiger partial charge in [-0.15, -0.1) is 0 Å². The van der Waals surface area contributed by atoms with E-state index in [0.29, 0.717) is 31.5 Å². The van der Waals surface area contributed by atoms with Crippen LogP contribution in [0.15, 0.2) is 24.5 Å². The third kappa shape index (κ3) is 4.41. The Labute approximate surface area is 125 Å². The van der Waals surface area contributed by atoms with Gasteiger partial charge in [0.25, 0.3) is 0 Å². The first-order valence-electron chi connectivity index (χ1n) is 7.39. The zero-order chi connectivity index (χ0) is 15.5. The molecule has 21 heavy (non-hydrogen) atoms. The average Bonchev–Trinajstić information content (AvgIpc) is 2.46. The molecular formula is C16H23FN2O2. The van der Waals surface area contributed by atoms with Crippen molar-refractivity contribution in [2.75, 3.05) is 13.1 Å². The Morgan fingerprint density at radius 1 is 1.33 bits per heavy atom. The van der Waals surface area contributed by atoms with Crippen molar-refractivity contribution in [1.29, 1.82) is 0 Å². The highest BCUT2D eigenvalue weighted by Gasteiger charge is 2.31. The number of nitrogens with zero attached hydrogens (tertiary/aromatic N) is 2. The summed E-state index contributed by atoms with van der Waals surface area (Å²) in [6.45, 7) is 6.63. The molecule has 1 amide bonds. The van der Waals surface area contributed by atoms with Gasteiger partial charge in [0.2, 0.25) is 0 Å². The van der Waals surface area contributed by atoms with Crippen LogP contribution in [-0.2, 0) is 4.74 Å². The number of hydrogen-bond acceptors (Lipinski definition) is 3. The number of aromatic nitrogens is 1. The van der Waals surface area contributed by atoms with Crippen LogP contribution < -0.4 is 0 Å². The maximum absolute atomic E-state index is 14.5. The van der Waals surface area contributed by atoms with Crippen LogP contribution in [0.25, 0.3) is 0 Å². The molecule has 0 radical (unpaired) electrons. The van der Waals surface area contributed by atoms with Crippen LogP contribution in [0.5, 0.6) is 0 Å². The predicted octanol–water partition coefficient (Wildman–Crippen LogP) is 3.74. The quantitative estimate of drug-likeness (QED) is 0.834. The van der Waals surface area contributed by atoms with E-state index in [9.17, 15) is 9.18 Å². The average molecular weight is 294 g/mol. The molecule has 1 aliphatic rings. The minimum absolute atomic E-state index is 0.0499. The van der Waals surface area contributed by atoms with Gasteiger partial charge in [0.1, 0.15) is 11.8 Å². The predicted molar refractivity (Wildman–Crippen MR) is 78.6 cm³/mol. The lowest BCUT2D eigenvalue weighted by atomic mass is 9.89. The fourth-order valence-electron chi connectivity index (χ4n) is 2.52. The second-order valence-corrected chi connectivity index (χ2v) is 6.49. The Bertz CT molecular complexity index is 465. The number of halogens is 1. The zero-order valence-corrected chi connectivity index (χ0v) is 12.9. The van der Waals surface area contributed by atoms with Crippen LogP contribution in [0.1, 0.15) is 45.3 Å². The van der Waals surface area contributed by atoms with Crippen LogP contribution >= 0.6 is 0 Å². The fraction of sp³-hybridized carbons (Fsp3) is 0.625. The topological polar surface area (TPSA) is 42.4 Å². The molecule has 2 rings (SSSR count). The van der Waals surface area contributed by atoms with Crippen molar-refractivity contribution in [3.05, 3.63) is 30.1 Å². The summed E-state index contributed by atoms with van der Waals surface area (Å²) in [5.74, 6) is -0.0499. The van der Waals surface area contributed by atoms with Crippen molar-refractivity contribution in [3.8, 4) is 0 Å². The van der Waals surface area contributed by atoms with Crippen LogP contribution in [0, 0.1) is 5.92 Å². The molecule has 1 aliphatic heterocycles. The van der Waals surface area contributed by atoms with Crippen LogP contribution in [0.3, 0.4) is 0 Å². The lowest BCUT2D eigenvalue weighted by Crippen LogP contribution is -2.42. The summed E-state index contributed by atoms with van der Waals surface area (Å²) < 4.78 is 19.8. The molecule has 1 saturated heterocycles. The Hall–Kier alpha value is -1.65. The second kappa shape index (κ2) is 6.41. The number of carbonyl (C=O) groups excluding carboxylic acids is 1. The maximum atomic E-state index is 14.5. The van der Waals surface area contributed by atoms with Crippen molar-refractivity contribution in [2.45, 2.75) is 45.4 Å². The number of rotatable bonds is 2. The number of alkyl halides is 1. The molecule has 5 heteroatoms. The Morgan fingerprint density at radius 2 is 1.90 bits per heavy atom. The molecule has 1 atom stereocenters. The van der Waals surface area contributed by atoms with Gasteiger partial charge in [-0.2, -0.15) is 0 Å². The standard InChI is InChI=1S/C16H23FN2O2/c1-16(2,3)21-15(20)19-10-6-13(7-11-19)14(17)12-4-8-18-9-5-12/h4-5,8-9,13-14H,6-7,10-11H2,1-3H3. The minimum Gasteiger partial charge on any atom is -0.444 e. The van der Waals surface area contributed by atoms with Crippen LogP contribution in [0.4, 0.5) is 9.18 Å². The molecule has 0 N–H and O–H groups in total. The third-order valence-corrected chi connectivity index (χ3v) is 3.63. The number of carbonyl (C=O) groups is 1. The van der Waals surface area contributed by atoms with Crippen molar-refractivity contribution in [3.63, 3.8) is 0 Å². The summed E-state index contributed by atoms with van der Waals surface area (Å²) in [5, 5.41) is 0. The first-order chi connectivity index (χ1) is 9.87. The summed E-state index contributed by atoms with van der Waals surface area (Å²) in [6.07, 6.45) is 3.23. The van der Waals surface area contributed by atoms with E-state index in [1.807, 2.05) is 20.8 Å². The van der Waals surface area contributed by atoms with E-state index in [4.69, 9.17) is 4.74 Å². The van der Waals surface area contributed by atoms with Gasteiger partial charge in [-0.3, -0.25) is 4.98 Å². The summed E-state index contributed by atoms with van der Waals surface area (Å²) in [6, 6.07) is 3.43. The Morgan fingerprint density at radius 3 is 2.43 bits per heavy atom. The number of piperidine rings is 1. The maximum Gasteiger partial charge on any atom is 0.410 e. The van der Waals surface area contributed by atoms with Crippen molar-refractivity contribution >= 4 is 6.09 Å². The van der Waals surface area contributed by atoms with Gasteiger partial charge in [0.15, 0.2) is 0 Å². The number of ether oxygens (including phenoxy) is 1. The first-order valence-corrected chi connectivity index (χ1v) is 7.39. The molecule has 0 aliphatic carbocycles. The van der Waals surface area contributed by atoms with E-state index in [1.165, 1.54) is 0 Å². The molecule has 1 aromatic rings. The fourth-order valence-corrected chi connectivity index (χ4v) is 2.52. The highest BCUT2D eigenvalue weighted by molar-refractivity contribution is 5.68. The second-order valence-electron chi connectivity index (χ2n) is 6.49. The third-order valence-electron chi connectivity index (χ3n) is 3.63. The van der Waals surface area contributed by atoms with Gasteiger partial charge in [-0.05, 0) is 57.2 Å². The molecule has 0 aromatic carbocycles. The van der Waals surface area contributed by atoms with E-state index in [2.05, 4.69) is 4.98 Å². The Kier molecular flexibility index (Phi) is 4.80. The van der Waals surface area contributed by atoms with E-state index < -0.39 is 11.8 Å². The van der Waals surface area contributed by atoms with Crippen molar-refractivity contribution in [2.24, 2.45) is 5.92 Å². The smallest absolute Gasteiger partial charge is 0.410 e. The van der Waals surface area contributed by atoms with E-state index in [0.717, 1.165) is 0 Å². The van der Waals surface area contributed by atoms with E-state index >= 15 is 0 Å². The number of hydrogen-bond donors (Lipinski definition) is 0. The van der Waals surface area contributed by atoms with Gasteiger partial charge in [-0.1, -0.05) is 0 Å². The van der Waals surface area contributed by atoms with E-state index in [1.54, 1.807) is 29.4 Å². The van der Waals surface area contributed by atoms with Gasteiger partial charge >= 0.3 is 6.09 Å². The van der Waals surface area contributed by atoms with Gasteiger partial charge in [0, 0.05) is 25.5 Å². The molecular weight excluding hydrogens is 271 g/mol. The molecule has 4 nitrogen and oxygen atoms in total. The monoisotopic (exact) mass is 294 g/mol. The molecule has 1 unspecified atom stereocenters. The number of amides is 1. The van der Waals surface area contributed by atoms with E-state index in [-0.39, 0.29) is 12.0 Å². The molecule has 0 spiro atoms. The number of pyridine rings is 1. The summed E-state index contributed by atoms with van der Waals surface area (Å²) in [5.41, 5.74) is 0.175. The lowest BCUT2D eigenvalue weighted by molar-refractivity contribution is 0.0144. The normalized spacial score (nSPS) is 18.4. The molecule has 116 valence electrons. The molecule has 1 aromatic heterocycles. The summed E-state index contributed by atoms with van der Waals surface area (Å²) in [4.78, 5) is 17.5. The van der Waals surface area contributed by atoms with Gasteiger partial charge in [0.05, 0.1) is 0 Å². The zero-order valence-electron chi connectivity index (χ0n) is 12.9. The molecule has 2 heterocycles. The van der Waals surface area contributed by atoms with Gasteiger partial charge < -0.3 is 9.64 Å². The van der Waals surface area contributed by atoms with Crippen LogP contribution in [0.2, 0.25) is 0 Å². The summed E-state index contributed by atoms with van der Waals surface area (Å²) in [7, 11) is 0. The SMILES string of the molecule is CC(C)(C)OC(=O)N1CCC(C(F)c2ccncc2)CC1. The first kappa shape index (κ1) is 15.7. The summed E-state index contributed by atoms with van der Waals surface area (Å²) >= 11 is 0. The number of likely N-dealkylation sites (tertiary alicyclic amines) is 1. The molecule has 0 saturated carbocycles. The Balaban J connectivity index is 1.87. The highest BCUT2D eigenvalue weighted by Crippen LogP contribution is 2.33. The van der Waals surface area contributed by atoms with Gasteiger partial charge in [-0.25, -0.2) is 9.18 Å². The van der Waals surface area contributed by atoms with Crippen molar-refractivity contribution < 1.29 is 13.9 Å². The molecule has 1 fully saturated rings. The van der Waals surface area contributed by atoms with Crippen LogP contribution in [-0.4, -0.2) is 34.7 Å². The highest BCUT2D eigenvalue weighted by atomic mass is 19.1. The molecule has 0 bridgehead atoms. The van der Waals surface area contributed by atoms with Crippen molar-refractivity contribution in [1.82, 2.24) is 9.88 Å². The lowest BCUT2D eigenvalue weighted by Gasteiger charge is -2.34.